The monoisotopic (exact) mass is 212 g/mol. The Morgan fingerprint density at radius 2 is 1.85 bits per heavy atom. The summed E-state index contributed by atoms with van der Waals surface area (Å²) in [5.74, 6) is 0. The maximum Gasteiger partial charge on any atom is 0.350 e. The van der Waals surface area contributed by atoms with Crippen LogP contribution in [0.5, 0.6) is 0 Å². The van der Waals surface area contributed by atoms with Crippen molar-refractivity contribution in [2.75, 3.05) is 13.0 Å². The van der Waals surface area contributed by atoms with Crippen LogP contribution < -0.4 is 0 Å². The van der Waals surface area contributed by atoms with Crippen LogP contribution in [-0.4, -0.2) is 34.0 Å². The molecule has 13 heavy (non-hydrogen) atoms. The highest BCUT2D eigenvalue weighted by molar-refractivity contribution is 7.51. The van der Waals surface area contributed by atoms with E-state index in [1.54, 1.807) is 0 Å². The van der Waals surface area contributed by atoms with Gasteiger partial charge in [0, 0.05) is 0 Å². The smallest absolute Gasteiger partial charge is 0.350 e. The summed E-state index contributed by atoms with van der Waals surface area (Å²) in [7, 11) is -4.14. The van der Waals surface area contributed by atoms with Crippen LogP contribution in [-0.2, 0) is 9.30 Å². The summed E-state index contributed by atoms with van der Waals surface area (Å²) in [6, 6.07) is 0. The first-order chi connectivity index (χ1) is 5.67. The molecule has 0 saturated carbocycles. The molecule has 0 spiro atoms. The lowest BCUT2D eigenvalue weighted by molar-refractivity contribution is -0.0352. The van der Waals surface area contributed by atoms with E-state index < -0.39 is 20.0 Å². The van der Waals surface area contributed by atoms with Crippen LogP contribution >= 0.6 is 7.60 Å². The van der Waals surface area contributed by atoms with Crippen LogP contribution in [0, 0.1) is 5.41 Å². The molecule has 1 unspecified atom stereocenters. The topological polar surface area (TPSA) is 87.0 Å². The quantitative estimate of drug-likeness (QED) is 0.592. The first-order valence-corrected chi connectivity index (χ1v) is 5.73. The molecule has 0 aromatic heterocycles. The Balaban J connectivity index is 4.09. The van der Waals surface area contributed by atoms with Gasteiger partial charge in [-0.15, -0.1) is 0 Å². The summed E-state index contributed by atoms with van der Waals surface area (Å²) >= 11 is 0. The SMILES string of the molecule is CC(C)(C)C(CO)OCP(=O)(O)O. The van der Waals surface area contributed by atoms with Gasteiger partial charge in [-0.05, 0) is 5.41 Å². The highest BCUT2D eigenvalue weighted by atomic mass is 31.2. The second-order valence-electron chi connectivity index (χ2n) is 4.00. The van der Waals surface area contributed by atoms with E-state index in [0.29, 0.717) is 0 Å². The number of hydrogen-bond donors (Lipinski definition) is 3. The highest BCUT2D eigenvalue weighted by Gasteiger charge is 2.27. The van der Waals surface area contributed by atoms with E-state index in [2.05, 4.69) is 0 Å². The number of hydrogen-bond acceptors (Lipinski definition) is 3. The normalized spacial score (nSPS) is 15.8. The second-order valence-corrected chi connectivity index (χ2v) is 5.59. The molecular formula is C7H17O5P. The maximum atomic E-state index is 10.5. The van der Waals surface area contributed by atoms with E-state index in [1.165, 1.54) is 0 Å². The summed E-state index contributed by atoms with van der Waals surface area (Å²) in [5, 5.41) is 8.88. The summed E-state index contributed by atoms with van der Waals surface area (Å²) in [6.07, 6.45) is -1.20. The van der Waals surface area contributed by atoms with Gasteiger partial charge < -0.3 is 19.6 Å². The third kappa shape index (κ3) is 6.18. The molecule has 0 radical (unpaired) electrons. The molecule has 1 atom stereocenters. The van der Waals surface area contributed by atoms with E-state index in [4.69, 9.17) is 19.6 Å². The van der Waals surface area contributed by atoms with Gasteiger partial charge in [0.25, 0.3) is 0 Å². The predicted molar refractivity (Wildman–Crippen MR) is 48.3 cm³/mol. The lowest BCUT2D eigenvalue weighted by Gasteiger charge is -2.28. The molecule has 0 amide bonds. The fourth-order valence-corrected chi connectivity index (χ4v) is 1.14. The van der Waals surface area contributed by atoms with Gasteiger partial charge in [0.2, 0.25) is 0 Å². The summed E-state index contributed by atoms with van der Waals surface area (Å²) in [4.78, 5) is 17.1. The van der Waals surface area contributed by atoms with E-state index in [1.807, 2.05) is 20.8 Å². The fourth-order valence-electron chi connectivity index (χ4n) is 0.764. The molecule has 80 valence electrons. The molecule has 5 nitrogen and oxygen atoms in total. The molecule has 0 aromatic carbocycles. The van der Waals surface area contributed by atoms with E-state index >= 15 is 0 Å². The highest BCUT2D eigenvalue weighted by Crippen LogP contribution is 2.36. The van der Waals surface area contributed by atoms with Crippen molar-refractivity contribution in [3.05, 3.63) is 0 Å². The Morgan fingerprint density at radius 1 is 1.38 bits per heavy atom. The van der Waals surface area contributed by atoms with Crippen molar-refractivity contribution in [3.63, 3.8) is 0 Å². The summed E-state index contributed by atoms with van der Waals surface area (Å²) in [5.41, 5.74) is -0.329. The number of aliphatic hydroxyl groups is 1. The van der Waals surface area contributed by atoms with Crippen LogP contribution in [0.2, 0.25) is 0 Å². The summed E-state index contributed by atoms with van der Waals surface area (Å²) in [6.45, 7) is 5.23. The van der Waals surface area contributed by atoms with Gasteiger partial charge >= 0.3 is 7.60 Å². The first-order valence-electron chi connectivity index (χ1n) is 3.94. The first kappa shape index (κ1) is 13.1. The number of ether oxygens (including phenoxy) is 1. The molecule has 3 N–H and O–H groups in total. The third-order valence-corrected chi connectivity index (χ3v) is 2.06. The molecule has 0 rings (SSSR count). The molecule has 0 aliphatic carbocycles. The molecule has 0 bridgehead atoms. The standard InChI is InChI=1S/C7H17O5P/c1-7(2,3)6(4-8)12-5-13(9,10)11/h6,8H,4-5H2,1-3H3,(H2,9,10,11). The lowest BCUT2D eigenvalue weighted by Crippen LogP contribution is -2.33. The molecule has 0 fully saturated rings. The Labute approximate surface area is 77.9 Å². The maximum absolute atomic E-state index is 10.5. The van der Waals surface area contributed by atoms with Crippen molar-refractivity contribution in [1.29, 1.82) is 0 Å². The zero-order valence-corrected chi connectivity index (χ0v) is 8.99. The van der Waals surface area contributed by atoms with Crippen molar-refractivity contribution >= 4 is 7.60 Å². The van der Waals surface area contributed by atoms with Crippen molar-refractivity contribution in [1.82, 2.24) is 0 Å². The summed E-state index contributed by atoms with van der Waals surface area (Å²) < 4.78 is 15.4. The van der Waals surface area contributed by atoms with E-state index in [-0.39, 0.29) is 12.0 Å². The minimum atomic E-state index is -4.14. The Morgan fingerprint density at radius 3 is 2.08 bits per heavy atom. The molecule has 6 heteroatoms. The van der Waals surface area contributed by atoms with Gasteiger partial charge in [-0.1, -0.05) is 20.8 Å². The average molecular weight is 212 g/mol. The van der Waals surface area contributed by atoms with Gasteiger partial charge in [0.1, 0.15) is 6.35 Å². The molecule has 0 saturated heterocycles. The van der Waals surface area contributed by atoms with E-state index in [0.717, 1.165) is 0 Å². The number of aliphatic hydroxyl groups excluding tert-OH is 1. The molecule has 0 aliphatic heterocycles. The molecular weight excluding hydrogens is 195 g/mol. The Bertz CT molecular complexity index is 192. The van der Waals surface area contributed by atoms with Crippen LogP contribution in [0.3, 0.4) is 0 Å². The minimum Gasteiger partial charge on any atom is -0.394 e. The lowest BCUT2D eigenvalue weighted by atomic mass is 9.90. The predicted octanol–water partition coefficient (Wildman–Crippen LogP) is 0.545. The fraction of sp³-hybridized carbons (Fsp3) is 1.00. The van der Waals surface area contributed by atoms with Crippen molar-refractivity contribution < 1.29 is 24.2 Å². The molecule has 0 heterocycles. The molecule has 0 aliphatic rings. The second kappa shape index (κ2) is 4.53. The van der Waals surface area contributed by atoms with Crippen molar-refractivity contribution in [3.8, 4) is 0 Å². The zero-order chi connectivity index (χ0) is 10.7. The van der Waals surface area contributed by atoms with Crippen LogP contribution in [0.1, 0.15) is 20.8 Å². The van der Waals surface area contributed by atoms with Gasteiger partial charge in [-0.2, -0.15) is 0 Å². The number of rotatable bonds is 4. The van der Waals surface area contributed by atoms with Gasteiger partial charge in [-0.25, -0.2) is 0 Å². The van der Waals surface area contributed by atoms with Gasteiger partial charge in [0.15, 0.2) is 0 Å². The average Bonchev–Trinajstić information content (AvgIpc) is 1.82. The Kier molecular flexibility index (Phi) is 4.55. The van der Waals surface area contributed by atoms with Crippen LogP contribution in [0.4, 0.5) is 0 Å². The van der Waals surface area contributed by atoms with Crippen molar-refractivity contribution in [2.24, 2.45) is 5.41 Å². The van der Waals surface area contributed by atoms with Gasteiger partial charge in [-0.3, -0.25) is 4.57 Å². The largest absolute Gasteiger partial charge is 0.394 e. The van der Waals surface area contributed by atoms with E-state index in [9.17, 15) is 4.57 Å². The molecule has 0 aromatic rings. The van der Waals surface area contributed by atoms with Crippen molar-refractivity contribution in [2.45, 2.75) is 26.9 Å². The minimum absolute atomic E-state index is 0.247. The Hall–Kier alpha value is 0.0700. The van der Waals surface area contributed by atoms with Gasteiger partial charge in [0.05, 0.1) is 12.7 Å². The van der Waals surface area contributed by atoms with Crippen LogP contribution in [0.25, 0.3) is 0 Å². The van der Waals surface area contributed by atoms with Crippen LogP contribution in [0.15, 0.2) is 0 Å². The third-order valence-electron chi connectivity index (χ3n) is 1.58. The zero-order valence-electron chi connectivity index (χ0n) is 8.10.